The Morgan fingerprint density at radius 1 is 1.36 bits per heavy atom. The standard InChI is InChI=1S/C6H12N2S3/c1-4-8-6(10-3)11-5(7)9-2/h7H,4H2,1-3H3. The van der Waals surface area contributed by atoms with Crippen molar-refractivity contribution >= 4 is 44.0 Å². The van der Waals surface area contributed by atoms with Gasteiger partial charge in [0.25, 0.3) is 0 Å². The molecule has 0 rings (SSSR count). The van der Waals surface area contributed by atoms with E-state index in [-0.39, 0.29) is 0 Å². The van der Waals surface area contributed by atoms with E-state index >= 15 is 0 Å². The molecule has 0 aromatic rings. The Balaban J connectivity index is 3.87. The number of nitrogens with one attached hydrogen (secondary N) is 1. The lowest BCUT2D eigenvalue weighted by atomic mass is 10.8. The average Bonchev–Trinajstić information content (AvgIpc) is 2.03. The van der Waals surface area contributed by atoms with Gasteiger partial charge in [0.05, 0.1) is 0 Å². The number of rotatable bonds is 1. The molecule has 0 bridgehead atoms. The molecule has 0 unspecified atom stereocenters. The lowest BCUT2D eigenvalue weighted by molar-refractivity contribution is 1.14. The Hall–Kier alpha value is 0.390. The minimum atomic E-state index is 0.603. The molecule has 5 heteroatoms. The van der Waals surface area contributed by atoms with Crippen LogP contribution in [0.4, 0.5) is 0 Å². The topological polar surface area (TPSA) is 36.2 Å². The van der Waals surface area contributed by atoms with Crippen molar-refractivity contribution in [1.82, 2.24) is 0 Å². The summed E-state index contributed by atoms with van der Waals surface area (Å²) in [6.07, 6.45) is 3.88. The molecule has 0 aliphatic rings. The summed E-state index contributed by atoms with van der Waals surface area (Å²) in [6.45, 7) is 2.80. The largest absolute Gasteiger partial charge is 0.288 e. The van der Waals surface area contributed by atoms with Gasteiger partial charge in [0.15, 0.2) is 0 Å². The number of aliphatic imine (C=N–C) groups is 1. The molecule has 0 amide bonds. The summed E-state index contributed by atoms with van der Waals surface area (Å²) in [5.74, 6) is 0. The van der Waals surface area contributed by atoms with Gasteiger partial charge in [-0.05, 0) is 31.2 Å². The fourth-order valence-corrected chi connectivity index (χ4v) is 2.31. The molecular formula is C6H12N2S3. The van der Waals surface area contributed by atoms with Crippen LogP contribution in [0.15, 0.2) is 4.99 Å². The zero-order valence-electron chi connectivity index (χ0n) is 6.88. The highest BCUT2D eigenvalue weighted by molar-refractivity contribution is 8.53. The smallest absolute Gasteiger partial charge is 0.131 e. The normalized spacial score (nSPS) is 11.7. The Kier molecular flexibility index (Phi) is 7.31. The summed E-state index contributed by atoms with van der Waals surface area (Å²) in [5, 5.41) is 7.38. The maximum absolute atomic E-state index is 7.38. The molecule has 1 N–H and O–H groups in total. The summed E-state index contributed by atoms with van der Waals surface area (Å²) in [6, 6.07) is 0. The van der Waals surface area contributed by atoms with Gasteiger partial charge in [-0.1, -0.05) is 0 Å². The van der Waals surface area contributed by atoms with Crippen molar-refractivity contribution in [3.63, 3.8) is 0 Å². The van der Waals surface area contributed by atoms with E-state index in [4.69, 9.17) is 5.41 Å². The van der Waals surface area contributed by atoms with Gasteiger partial charge < -0.3 is 0 Å². The third-order valence-corrected chi connectivity index (χ3v) is 3.67. The van der Waals surface area contributed by atoms with E-state index in [1.807, 2.05) is 19.4 Å². The van der Waals surface area contributed by atoms with Crippen molar-refractivity contribution in [3.05, 3.63) is 0 Å². The second kappa shape index (κ2) is 7.06. The zero-order chi connectivity index (χ0) is 8.69. The van der Waals surface area contributed by atoms with Crippen LogP contribution in [0.1, 0.15) is 6.92 Å². The van der Waals surface area contributed by atoms with Gasteiger partial charge in [-0.15, -0.1) is 23.5 Å². The molecule has 0 saturated carbocycles. The summed E-state index contributed by atoms with van der Waals surface area (Å²) in [5.41, 5.74) is 0. The first-order valence-electron chi connectivity index (χ1n) is 3.13. The van der Waals surface area contributed by atoms with Crippen LogP contribution in [0.2, 0.25) is 0 Å². The highest BCUT2D eigenvalue weighted by Crippen LogP contribution is 2.20. The van der Waals surface area contributed by atoms with Crippen LogP contribution in [0, 0.1) is 5.41 Å². The molecule has 0 aliphatic heterocycles. The SMILES string of the molecule is CCN=C(SC)SC(=N)SC. The first-order chi connectivity index (χ1) is 5.24. The monoisotopic (exact) mass is 208 g/mol. The quantitative estimate of drug-likeness (QED) is 0.532. The van der Waals surface area contributed by atoms with Gasteiger partial charge in [-0.2, -0.15) is 0 Å². The summed E-state index contributed by atoms with van der Waals surface area (Å²) in [4.78, 5) is 4.22. The lowest BCUT2D eigenvalue weighted by Crippen LogP contribution is -1.90. The molecule has 0 saturated heterocycles. The van der Waals surface area contributed by atoms with Gasteiger partial charge in [0, 0.05) is 6.54 Å². The van der Waals surface area contributed by atoms with E-state index < -0.39 is 0 Å². The second-order valence-electron chi connectivity index (χ2n) is 1.54. The summed E-state index contributed by atoms with van der Waals surface area (Å²) >= 11 is 4.47. The van der Waals surface area contributed by atoms with Crippen LogP contribution in [0.25, 0.3) is 0 Å². The third kappa shape index (κ3) is 5.64. The van der Waals surface area contributed by atoms with Crippen LogP contribution < -0.4 is 0 Å². The van der Waals surface area contributed by atoms with Crippen LogP contribution in [-0.2, 0) is 0 Å². The van der Waals surface area contributed by atoms with E-state index in [0.717, 1.165) is 10.9 Å². The van der Waals surface area contributed by atoms with Gasteiger partial charge in [0.2, 0.25) is 0 Å². The minimum absolute atomic E-state index is 0.603. The van der Waals surface area contributed by atoms with E-state index in [0.29, 0.717) is 4.38 Å². The molecule has 2 nitrogen and oxygen atoms in total. The fraction of sp³-hybridized carbons (Fsp3) is 0.667. The van der Waals surface area contributed by atoms with Crippen molar-refractivity contribution < 1.29 is 0 Å². The highest BCUT2D eigenvalue weighted by atomic mass is 32.2. The fourth-order valence-electron chi connectivity index (χ4n) is 0.389. The lowest BCUT2D eigenvalue weighted by Gasteiger charge is -2.00. The van der Waals surface area contributed by atoms with Crippen molar-refractivity contribution in [3.8, 4) is 0 Å². The van der Waals surface area contributed by atoms with Crippen molar-refractivity contribution in [2.24, 2.45) is 4.99 Å². The molecule has 0 aliphatic carbocycles. The predicted molar refractivity (Wildman–Crippen MR) is 60.3 cm³/mol. The van der Waals surface area contributed by atoms with Crippen LogP contribution in [-0.4, -0.2) is 27.8 Å². The molecule has 0 fully saturated rings. The third-order valence-electron chi connectivity index (χ3n) is 0.827. The Morgan fingerprint density at radius 2 is 2.00 bits per heavy atom. The Bertz CT molecular complexity index is 156. The van der Waals surface area contributed by atoms with E-state index in [9.17, 15) is 0 Å². The molecule has 0 heterocycles. The second-order valence-corrected chi connectivity index (χ2v) is 4.67. The van der Waals surface area contributed by atoms with E-state index in [1.54, 1.807) is 11.8 Å². The summed E-state index contributed by atoms with van der Waals surface area (Å²) in [7, 11) is 0. The van der Waals surface area contributed by atoms with Crippen LogP contribution in [0.3, 0.4) is 0 Å². The number of thioether (sulfide) groups is 3. The zero-order valence-corrected chi connectivity index (χ0v) is 9.33. The molecule has 0 radical (unpaired) electrons. The van der Waals surface area contributed by atoms with Crippen molar-refractivity contribution in [2.75, 3.05) is 19.1 Å². The van der Waals surface area contributed by atoms with Gasteiger partial charge >= 0.3 is 0 Å². The average molecular weight is 208 g/mol. The summed E-state index contributed by atoms with van der Waals surface area (Å²) < 4.78 is 1.58. The first-order valence-corrected chi connectivity index (χ1v) is 6.40. The molecule has 0 spiro atoms. The van der Waals surface area contributed by atoms with Crippen molar-refractivity contribution in [1.29, 1.82) is 5.41 Å². The van der Waals surface area contributed by atoms with Crippen LogP contribution >= 0.6 is 35.3 Å². The Labute approximate surface area is 80.5 Å². The van der Waals surface area contributed by atoms with E-state index in [1.165, 1.54) is 23.5 Å². The first kappa shape index (κ1) is 11.4. The molecule has 0 aromatic carbocycles. The molecule has 0 aromatic heterocycles. The van der Waals surface area contributed by atoms with E-state index in [2.05, 4.69) is 4.99 Å². The predicted octanol–water partition coefficient (Wildman–Crippen LogP) is 2.76. The maximum atomic E-state index is 7.38. The van der Waals surface area contributed by atoms with Gasteiger partial charge in [-0.3, -0.25) is 10.4 Å². The van der Waals surface area contributed by atoms with Gasteiger partial charge in [0.1, 0.15) is 8.75 Å². The molecule has 11 heavy (non-hydrogen) atoms. The van der Waals surface area contributed by atoms with Crippen molar-refractivity contribution in [2.45, 2.75) is 6.92 Å². The molecular weight excluding hydrogens is 196 g/mol. The minimum Gasteiger partial charge on any atom is -0.288 e. The van der Waals surface area contributed by atoms with Crippen LogP contribution in [0.5, 0.6) is 0 Å². The highest BCUT2D eigenvalue weighted by Gasteiger charge is 2.01. The molecule has 64 valence electrons. The van der Waals surface area contributed by atoms with Gasteiger partial charge in [-0.25, -0.2) is 0 Å². The molecule has 0 atom stereocenters. The maximum Gasteiger partial charge on any atom is 0.131 e. The Morgan fingerprint density at radius 3 is 2.36 bits per heavy atom. The number of nitrogens with zero attached hydrogens (tertiary/aromatic N) is 1. The number of hydrogen-bond donors (Lipinski definition) is 1. The number of hydrogen-bond acceptors (Lipinski definition) is 5.